The highest BCUT2D eigenvalue weighted by Crippen LogP contribution is 2.32. The summed E-state index contributed by atoms with van der Waals surface area (Å²) in [6.45, 7) is 2.54. The van der Waals surface area contributed by atoms with Gasteiger partial charge in [-0.05, 0) is 18.2 Å². The number of methoxy groups -OCH3 is 2. The van der Waals surface area contributed by atoms with Gasteiger partial charge in [-0.3, -0.25) is 4.79 Å². The minimum absolute atomic E-state index is 0.103. The van der Waals surface area contributed by atoms with Crippen LogP contribution in [0, 0.1) is 0 Å². The lowest BCUT2D eigenvalue weighted by molar-refractivity contribution is -0.134. The first-order valence-electron chi connectivity index (χ1n) is 7.73. The van der Waals surface area contributed by atoms with Gasteiger partial charge in [0.1, 0.15) is 5.01 Å². The lowest BCUT2D eigenvalue weighted by Crippen LogP contribution is -2.41. The van der Waals surface area contributed by atoms with Gasteiger partial charge < -0.3 is 19.1 Å². The molecule has 0 spiro atoms. The maximum Gasteiger partial charge on any atom is 0.229 e. The van der Waals surface area contributed by atoms with Gasteiger partial charge in [0.15, 0.2) is 11.5 Å². The van der Waals surface area contributed by atoms with E-state index in [0.717, 1.165) is 16.3 Å². The van der Waals surface area contributed by atoms with Crippen LogP contribution in [0.2, 0.25) is 0 Å². The van der Waals surface area contributed by atoms with E-state index in [-0.39, 0.29) is 5.91 Å². The lowest BCUT2D eigenvalue weighted by atomic mass is 10.1. The number of carbonyl (C=O) groups is 1. The first-order chi connectivity index (χ1) is 11.7. The molecule has 0 atom stereocenters. The van der Waals surface area contributed by atoms with E-state index in [1.807, 2.05) is 28.5 Å². The normalized spacial score (nSPS) is 14.5. The third-order valence-corrected chi connectivity index (χ3v) is 4.75. The molecule has 2 aromatic rings. The van der Waals surface area contributed by atoms with Crippen molar-refractivity contribution in [2.24, 2.45) is 0 Å². The van der Waals surface area contributed by atoms with E-state index in [0.29, 0.717) is 44.2 Å². The minimum Gasteiger partial charge on any atom is -0.493 e. The van der Waals surface area contributed by atoms with E-state index in [1.54, 1.807) is 14.2 Å². The topological polar surface area (TPSA) is 60.9 Å². The first-order valence-corrected chi connectivity index (χ1v) is 8.61. The Bertz CT molecular complexity index is 710. The van der Waals surface area contributed by atoms with Crippen molar-refractivity contribution < 1.29 is 19.0 Å². The van der Waals surface area contributed by atoms with Crippen LogP contribution in [0.4, 0.5) is 0 Å². The van der Waals surface area contributed by atoms with Crippen LogP contribution in [0.1, 0.15) is 5.01 Å². The number of ether oxygens (including phenoxy) is 3. The van der Waals surface area contributed by atoms with Crippen LogP contribution < -0.4 is 9.47 Å². The van der Waals surface area contributed by atoms with E-state index >= 15 is 0 Å². The molecule has 3 rings (SSSR count). The zero-order chi connectivity index (χ0) is 16.9. The van der Waals surface area contributed by atoms with Crippen molar-refractivity contribution in [3.63, 3.8) is 0 Å². The number of carbonyl (C=O) groups excluding carboxylic acids is 1. The van der Waals surface area contributed by atoms with Gasteiger partial charge in [0.05, 0.1) is 39.5 Å². The zero-order valence-electron chi connectivity index (χ0n) is 13.8. The fourth-order valence-electron chi connectivity index (χ4n) is 2.57. The third kappa shape index (κ3) is 3.68. The molecule has 7 heteroatoms. The Kier molecular flexibility index (Phi) is 5.32. The van der Waals surface area contributed by atoms with Crippen LogP contribution in [0.25, 0.3) is 11.3 Å². The Morgan fingerprint density at radius 3 is 2.71 bits per heavy atom. The van der Waals surface area contributed by atoms with Gasteiger partial charge in [0.25, 0.3) is 0 Å². The molecule has 0 aliphatic carbocycles. The third-order valence-electron chi connectivity index (χ3n) is 3.90. The molecule has 1 aromatic heterocycles. The average molecular weight is 348 g/mol. The summed E-state index contributed by atoms with van der Waals surface area (Å²) in [5.41, 5.74) is 1.78. The van der Waals surface area contributed by atoms with Crippen LogP contribution in [0.5, 0.6) is 11.5 Å². The van der Waals surface area contributed by atoms with Gasteiger partial charge in [-0.25, -0.2) is 4.98 Å². The Morgan fingerprint density at radius 2 is 2.00 bits per heavy atom. The number of thiazole rings is 1. The number of aromatic nitrogens is 1. The number of hydrogen-bond donors (Lipinski definition) is 0. The van der Waals surface area contributed by atoms with E-state index in [2.05, 4.69) is 4.98 Å². The summed E-state index contributed by atoms with van der Waals surface area (Å²) in [5, 5.41) is 2.78. The number of nitrogens with zero attached hydrogens (tertiary/aromatic N) is 2. The molecule has 1 aliphatic heterocycles. The van der Waals surface area contributed by atoms with E-state index in [4.69, 9.17) is 14.2 Å². The predicted molar refractivity (Wildman–Crippen MR) is 91.8 cm³/mol. The molecule has 0 unspecified atom stereocenters. The fraction of sp³-hybridized carbons (Fsp3) is 0.412. The Balaban J connectivity index is 1.72. The SMILES string of the molecule is COc1ccc(-c2csc(CC(=O)N3CCOCC3)n2)cc1OC. The Labute approximate surface area is 145 Å². The van der Waals surface area contributed by atoms with Gasteiger partial charge in [-0.1, -0.05) is 0 Å². The highest BCUT2D eigenvalue weighted by Gasteiger charge is 2.18. The summed E-state index contributed by atoms with van der Waals surface area (Å²) in [5.74, 6) is 1.44. The van der Waals surface area contributed by atoms with Gasteiger partial charge >= 0.3 is 0 Å². The summed E-state index contributed by atoms with van der Waals surface area (Å²) < 4.78 is 15.8. The van der Waals surface area contributed by atoms with Gasteiger partial charge in [0.2, 0.25) is 5.91 Å². The number of hydrogen-bond acceptors (Lipinski definition) is 6. The summed E-state index contributed by atoms with van der Waals surface area (Å²) in [6, 6.07) is 5.68. The van der Waals surface area contributed by atoms with Crippen molar-refractivity contribution in [2.45, 2.75) is 6.42 Å². The van der Waals surface area contributed by atoms with Crippen molar-refractivity contribution in [1.29, 1.82) is 0 Å². The van der Waals surface area contributed by atoms with Crippen LogP contribution in [0.15, 0.2) is 23.6 Å². The van der Waals surface area contributed by atoms with Crippen LogP contribution in [0.3, 0.4) is 0 Å². The number of amides is 1. The van der Waals surface area contributed by atoms with Crippen LogP contribution in [-0.2, 0) is 16.0 Å². The Morgan fingerprint density at radius 1 is 1.25 bits per heavy atom. The highest BCUT2D eigenvalue weighted by atomic mass is 32.1. The second kappa shape index (κ2) is 7.63. The van der Waals surface area contributed by atoms with Crippen LogP contribution in [-0.4, -0.2) is 56.3 Å². The fourth-order valence-corrected chi connectivity index (χ4v) is 3.37. The molecule has 24 heavy (non-hydrogen) atoms. The molecule has 2 heterocycles. The van der Waals surface area contributed by atoms with E-state index in [1.165, 1.54) is 11.3 Å². The monoisotopic (exact) mass is 348 g/mol. The molecule has 0 N–H and O–H groups in total. The Hall–Kier alpha value is -2.12. The molecule has 1 fully saturated rings. The molecule has 1 saturated heterocycles. The second-order valence-corrected chi connectivity index (χ2v) is 6.31. The van der Waals surface area contributed by atoms with E-state index < -0.39 is 0 Å². The second-order valence-electron chi connectivity index (χ2n) is 5.37. The van der Waals surface area contributed by atoms with Crippen molar-refractivity contribution in [2.75, 3.05) is 40.5 Å². The lowest BCUT2D eigenvalue weighted by Gasteiger charge is -2.26. The molecule has 0 bridgehead atoms. The zero-order valence-corrected chi connectivity index (χ0v) is 14.6. The van der Waals surface area contributed by atoms with Crippen molar-refractivity contribution in [1.82, 2.24) is 9.88 Å². The summed E-state index contributed by atoms with van der Waals surface area (Å²) >= 11 is 1.50. The number of benzene rings is 1. The first kappa shape index (κ1) is 16.7. The molecule has 1 aliphatic rings. The summed E-state index contributed by atoms with van der Waals surface area (Å²) in [7, 11) is 3.21. The van der Waals surface area contributed by atoms with Gasteiger partial charge in [-0.15, -0.1) is 11.3 Å². The van der Waals surface area contributed by atoms with Crippen molar-refractivity contribution >= 4 is 17.2 Å². The summed E-state index contributed by atoms with van der Waals surface area (Å²) in [6.07, 6.45) is 0.331. The molecule has 0 saturated carbocycles. The van der Waals surface area contributed by atoms with Gasteiger partial charge in [-0.2, -0.15) is 0 Å². The smallest absolute Gasteiger partial charge is 0.229 e. The molecule has 128 valence electrons. The highest BCUT2D eigenvalue weighted by molar-refractivity contribution is 7.10. The molecule has 0 radical (unpaired) electrons. The van der Waals surface area contributed by atoms with E-state index in [9.17, 15) is 4.79 Å². The molecule has 6 nitrogen and oxygen atoms in total. The predicted octanol–water partition coefficient (Wildman–Crippen LogP) is 2.23. The largest absolute Gasteiger partial charge is 0.493 e. The van der Waals surface area contributed by atoms with Crippen LogP contribution >= 0.6 is 11.3 Å². The number of rotatable bonds is 5. The van der Waals surface area contributed by atoms with Gasteiger partial charge in [0, 0.05) is 24.0 Å². The van der Waals surface area contributed by atoms with Crippen molar-refractivity contribution in [3.8, 4) is 22.8 Å². The standard InChI is InChI=1S/C17H20N2O4S/c1-21-14-4-3-12(9-15(14)22-2)13-11-24-16(18-13)10-17(20)19-5-7-23-8-6-19/h3-4,9,11H,5-8,10H2,1-2H3. The average Bonchev–Trinajstić information content (AvgIpc) is 3.10. The number of morpholine rings is 1. The minimum atomic E-state index is 0.103. The molecular weight excluding hydrogens is 328 g/mol. The maximum atomic E-state index is 12.3. The molecule has 1 amide bonds. The van der Waals surface area contributed by atoms with Crippen molar-refractivity contribution in [3.05, 3.63) is 28.6 Å². The molecule has 1 aromatic carbocycles. The summed E-state index contributed by atoms with van der Waals surface area (Å²) in [4.78, 5) is 18.7. The quantitative estimate of drug-likeness (QED) is 0.829. The maximum absolute atomic E-state index is 12.3. The molecular formula is C17H20N2O4S.